The monoisotopic (exact) mass is 277 g/mol. The molecule has 3 N–H and O–H groups in total. The number of unbranched alkanes of at least 4 members (excludes halogenated alkanes) is 1. The summed E-state index contributed by atoms with van der Waals surface area (Å²) >= 11 is 0. The standard InChI is InChI=1S/C15H27N5/c1-13(2)12-20-15(16-3)19-11-7-6-10-18-14-8-4-5-9-17-14/h4-5,8-9,13H,6-7,10-12H2,1-3H3,(H,17,18)(H2,16,19,20). The molecule has 0 fully saturated rings. The Balaban J connectivity index is 2.03. The van der Waals surface area contributed by atoms with E-state index in [1.54, 1.807) is 13.2 Å². The summed E-state index contributed by atoms with van der Waals surface area (Å²) in [5.74, 6) is 2.45. The van der Waals surface area contributed by atoms with Gasteiger partial charge in [-0.3, -0.25) is 4.99 Å². The topological polar surface area (TPSA) is 61.3 Å². The second kappa shape index (κ2) is 10.1. The van der Waals surface area contributed by atoms with Crippen LogP contribution in [0.25, 0.3) is 0 Å². The molecule has 5 heteroatoms. The molecule has 0 aliphatic carbocycles. The zero-order chi connectivity index (χ0) is 14.6. The maximum atomic E-state index is 4.22. The number of pyridine rings is 1. The first-order valence-electron chi connectivity index (χ1n) is 7.31. The number of nitrogens with one attached hydrogen (secondary N) is 3. The average molecular weight is 277 g/mol. The quantitative estimate of drug-likeness (QED) is 0.387. The van der Waals surface area contributed by atoms with Crippen LogP contribution in [0.15, 0.2) is 29.4 Å². The van der Waals surface area contributed by atoms with E-state index in [9.17, 15) is 0 Å². The van der Waals surface area contributed by atoms with Crippen LogP contribution in [0.2, 0.25) is 0 Å². The van der Waals surface area contributed by atoms with Crippen molar-refractivity contribution in [2.45, 2.75) is 26.7 Å². The van der Waals surface area contributed by atoms with E-state index in [1.807, 2.05) is 18.2 Å². The Morgan fingerprint density at radius 2 is 2.00 bits per heavy atom. The molecule has 1 aromatic heterocycles. The Bertz CT molecular complexity index is 375. The van der Waals surface area contributed by atoms with Crippen LogP contribution in [-0.2, 0) is 0 Å². The van der Waals surface area contributed by atoms with Crippen LogP contribution in [0.1, 0.15) is 26.7 Å². The molecule has 0 spiro atoms. The van der Waals surface area contributed by atoms with Crippen LogP contribution < -0.4 is 16.0 Å². The van der Waals surface area contributed by atoms with E-state index in [0.717, 1.165) is 44.3 Å². The summed E-state index contributed by atoms with van der Waals surface area (Å²) in [7, 11) is 1.80. The Morgan fingerprint density at radius 3 is 2.65 bits per heavy atom. The second-order valence-electron chi connectivity index (χ2n) is 5.12. The van der Waals surface area contributed by atoms with Gasteiger partial charge >= 0.3 is 0 Å². The third kappa shape index (κ3) is 7.61. The lowest BCUT2D eigenvalue weighted by molar-refractivity contribution is 0.611. The summed E-state index contributed by atoms with van der Waals surface area (Å²) in [6.07, 6.45) is 4.00. The number of nitrogens with zero attached hydrogens (tertiary/aromatic N) is 2. The van der Waals surface area contributed by atoms with Crippen molar-refractivity contribution in [1.82, 2.24) is 15.6 Å². The molecule has 20 heavy (non-hydrogen) atoms. The number of anilines is 1. The molecule has 0 atom stereocenters. The van der Waals surface area contributed by atoms with Crippen LogP contribution in [0, 0.1) is 5.92 Å². The fourth-order valence-corrected chi connectivity index (χ4v) is 1.66. The maximum Gasteiger partial charge on any atom is 0.190 e. The molecule has 0 aliphatic heterocycles. The number of hydrogen-bond acceptors (Lipinski definition) is 3. The first kappa shape index (κ1) is 16.3. The van der Waals surface area contributed by atoms with Gasteiger partial charge in [0.25, 0.3) is 0 Å². The van der Waals surface area contributed by atoms with E-state index in [-0.39, 0.29) is 0 Å². The van der Waals surface area contributed by atoms with Gasteiger partial charge in [0.15, 0.2) is 5.96 Å². The third-order valence-electron chi connectivity index (χ3n) is 2.77. The van der Waals surface area contributed by atoms with Crippen LogP contribution in [0.5, 0.6) is 0 Å². The van der Waals surface area contributed by atoms with Gasteiger partial charge in [0.1, 0.15) is 5.82 Å². The molecule has 0 aliphatic rings. The molecule has 5 nitrogen and oxygen atoms in total. The predicted octanol–water partition coefficient (Wildman–Crippen LogP) is 2.09. The van der Waals surface area contributed by atoms with Crippen molar-refractivity contribution in [3.63, 3.8) is 0 Å². The van der Waals surface area contributed by atoms with E-state index in [2.05, 4.69) is 39.8 Å². The lowest BCUT2D eigenvalue weighted by atomic mass is 10.2. The van der Waals surface area contributed by atoms with Gasteiger partial charge in [-0.1, -0.05) is 19.9 Å². The fraction of sp³-hybridized carbons (Fsp3) is 0.600. The minimum atomic E-state index is 0.621. The highest BCUT2D eigenvalue weighted by molar-refractivity contribution is 5.79. The summed E-state index contributed by atoms with van der Waals surface area (Å²) in [6, 6.07) is 5.89. The Morgan fingerprint density at radius 1 is 1.20 bits per heavy atom. The fourth-order valence-electron chi connectivity index (χ4n) is 1.66. The molecular formula is C15H27N5. The molecule has 112 valence electrons. The minimum Gasteiger partial charge on any atom is -0.370 e. The Kier molecular flexibility index (Phi) is 8.19. The lowest BCUT2D eigenvalue weighted by Gasteiger charge is -2.13. The van der Waals surface area contributed by atoms with Crippen LogP contribution in [-0.4, -0.2) is 37.6 Å². The van der Waals surface area contributed by atoms with Gasteiger partial charge in [-0.05, 0) is 30.9 Å². The number of rotatable bonds is 8. The SMILES string of the molecule is CN=C(NCCCCNc1ccccn1)NCC(C)C. The van der Waals surface area contributed by atoms with E-state index >= 15 is 0 Å². The summed E-state index contributed by atoms with van der Waals surface area (Å²) in [5, 5.41) is 9.92. The molecule has 0 aromatic carbocycles. The molecule has 0 unspecified atom stereocenters. The molecule has 0 radical (unpaired) electrons. The van der Waals surface area contributed by atoms with Crippen molar-refractivity contribution >= 4 is 11.8 Å². The van der Waals surface area contributed by atoms with Gasteiger partial charge in [-0.15, -0.1) is 0 Å². The molecule has 0 bridgehead atoms. The molecule has 1 heterocycles. The van der Waals surface area contributed by atoms with Crippen molar-refractivity contribution in [1.29, 1.82) is 0 Å². The molecule has 0 amide bonds. The second-order valence-corrected chi connectivity index (χ2v) is 5.12. The number of aromatic nitrogens is 1. The van der Waals surface area contributed by atoms with Crippen molar-refractivity contribution in [2.75, 3.05) is 32.0 Å². The summed E-state index contributed by atoms with van der Waals surface area (Å²) in [5.41, 5.74) is 0. The zero-order valence-corrected chi connectivity index (χ0v) is 12.8. The number of aliphatic imine (C=N–C) groups is 1. The first-order chi connectivity index (χ1) is 9.72. The molecular weight excluding hydrogens is 250 g/mol. The predicted molar refractivity (Wildman–Crippen MR) is 86.2 cm³/mol. The molecule has 0 saturated heterocycles. The van der Waals surface area contributed by atoms with Crippen LogP contribution in [0.3, 0.4) is 0 Å². The van der Waals surface area contributed by atoms with Crippen molar-refractivity contribution in [3.8, 4) is 0 Å². The van der Waals surface area contributed by atoms with Crippen molar-refractivity contribution < 1.29 is 0 Å². The summed E-state index contributed by atoms with van der Waals surface area (Å²) < 4.78 is 0. The smallest absolute Gasteiger partial charge is 0.190 e. The zero-order valence-electron chi connectivity index (χ0n) is 12.8. The Labute approximate surface area is 122 Å². The van der Waals surface area contributed by atoms with Crippen LogP contribution in [0.4, 0.5) is 5.82 Å². The van der Waals surface area contributed by atoms with E-state index < -0.39 is 0 Å². The molecule has 0 saturated carbocycles. The van der Waals surface area contributed by atoms with Gasteiger partial charge in [0.05, 0.1) is 0 Å². The van der Waals surface area contributed by atoms with E-state index in [1.165, 1.54) is 0 Å². The minimum absolute atomic E-state index is 0.621. The summed E-state index contributed by atoms with van der Waals surface area (Å²) in [6.45, 7) is 7.19. The van der Waals surface area contributed by atoms with Gasteiger partial charge in [0, 0.05) is 32.9 Å². The number of hydrogen-bond donors (Lipinski definition) is 3. The van der Waals surface area contributed by atoms with Crippen LogP contribution >= 0.6 is 0 Å². The van der Waals surface area contributed by atoms with E-state index in [4.69, 9.17) is 0 Å². The highest BCUT2D eigenvalue weighted by Crippen LogP contribution is 2.00. The van der Waals surface area contributed by atoms with Gasteiger partial charge in [-0.2, -0.15) is 0 Å². The molecule has 1 aromatic rings. The lowest BCUT2D eigenvalue weighted by Crippen LogP contribution is -2.39. The van der Waals surface area contributed by atoms with E-state index in [0.29, 0.717) is 5.92 Å². The highest BCUT2D eigenvalue weighted by atomic mass is 15.2. The van der Waals surface area contributed by atoms with Gasteiger partial charge in [-0.25, -0.2) is 4.98 Å². The maximum absolute atomic E-state index is 4.22. The highest BCUT2D eigenvalue weighted by Gasteiger charge is 1.98. The van der Waals surface area contributed by atoms with Gasteiger partial charge in [0.2, 0.25) is 0 Å². The van der Waals surface area contributed by atoms with Crippen molar-refractivity contribution in [3.05, 3.63) is 24.4 Å². The normalized spacial score (nSPS) is 11.5. The average Bonchev–Trinajstić information content (AvgIpc) is 2.46. The first-order valence-corrected chi connectivity index (χ1v) is 7.31. The van der Waals surface area contributed by atoms with Gasteiger partial charge < -0.3 is 16.0 Å². The number of guanidine groups is 1. The Hall–Kier alpha value is -1.78. The third-order valence-corrected chi connectivity index (χ3v) is 2.77. The molecule has 1 rings (SSSR count). The summed E-state index contributed by atoms with van der Waals surface area (Å²) in [4.78, 5) is 8.42. The largest absolute Gasteiger partial charge is 0.370 e. The van der Waals surface area contributed by atoms with Crippen molar-refractivity contribution in [2.24, 2.45) is 10.9 Å².